The molecule has 2 aromatic rings. The number of aromatic nitrogens is 2. The van der Waals surface area contributed by atoms with Crippen molar-refractivity contribution in [3.05, 3.63) is 46.2 Å². The molecule has 6 heteroatoms. The zero-order chi connectivity index (χ0) is 13.8. The lowest BCUT2D eigenvalue weighted by Gasteiger charge is -2.06. The van der Waals surface area contributed by atoms with E-state index in [1.807, 2.05) is 17.8 Å². The van der Waals surface area contributed by atoms with Gasteiger partial charge < -0.3 is 9.84 Å². The molecule has 0 atom stereocenters. The molecule has 100 valence electrons. The van der Waals surface area contributed by atoms with Crippen LogP contribution in [0.25, 0.3) is 0 Å². The Labute approximate surface area is 118 Å². The van der Waals surface area contributed by atoms with Gasteiger partial charge in [-0.25, -0.2) is 4.79 Å². The summed E-state index contributed by atoms with van der Waals surface area (Å²) >= 11 is 3.19. The topological polar surface area (TPSA) is 64.3 Å². The summed E-state index contributed by atoms with van der Waals surface area (Å²) < 4.78 is 7.90. The van der Waals surface area contributed by atoms with Gasteiger partial charge in [-0.15, -0.1) is 0 Å². The van der Waals surface area contributed by atoms with Gasteiger partial charge in [-0.05, 0) is 41.1 Å². The number of ether oxygens (including phenoxy) is 1. The van der Waals surface area contributed by atoms with Crippen LogP contribution in [0, 0.1) is 0 Å². The fourth-order valence-electron chi connectivity index (χ4n) is 1.58. The number of rotatable bonds is 5. The quantitative estimate of drug-likeness (QED) is 0.918. The number of halogens is 1. The van der Waals surface area contributed by atoms with E-state index in [4.69, 9.17) is 9.84 Å². The van der Waals surface area contributed by atoms with E-state index in [-0.39, 0.29) is 5.56 Å². The molecule has 0 aliphatic carbocycles. The summed E-state index contributed by atoms with van der Waals surface area (Å²) in [7, 11) is 0. The predicted molar refractivity (Wildman–Crippen MR) is 73.3 cm³/mol. The van der Waals surface area contributed by atoms with Gasteiger partial charge in [0.1, 0.15) is 12.4 Å². The fourth-order valence-corrected chi connectivity index (χ4v) is 1.99. The molecule has 0 amide bonds. The SMILES string of the molecule is CCn1cc(COc2ccc(Br)c(C(=O)O)c2)cn1. The minimum Gasteiger partial charge on any atom is -0.489 e. The maximum atomic E-state index is 11.0. The molecule has 0 unspecified atom stereocenters. The van der Waals surface area contributed by atoms with Crippen LogP contribution in [-0.2, 0) is 13.2 Å². The van der Waals surface area contributed by atoms with Crippen molar-refractivity contribution < 1.29 is 14.6 Å². The van der Waals surface area contributed by atoms with Gasteiger partial charge in [0.2, 0.25) is 0 Å². The lowest BCUT2D eigenvalue weighted by atomic mass is 10.2. The monoisotopic (exact) mass is 324 g/mol. The summed E-state index contributed by atoms with van der Waals surface area (Å²) in [6.07, 6.45) is 3.64. The first-order chi connectivity index (χ1) is 9.10. The van der Waals surface area contributed by atoms with Crippen LogP contribution in [0.15, 0.2) is 35.1 Å². The largest absolute Gasteiger partial charge is 0.489 e. The second-order valence-electron chi connectivity index (χ2n) is 3.94. The van der Waals surface area contributed by atoms with Crippen molar-refractivity contribution in [2.75, 3.05) is 0 Å². The molecule has 1 heterocycles. The number of carboxylic acids is 1. The zero-order valence-electron chi connectivity index (χ0n) is 10.3. The highest BCUT2D eigenvalue weighted by Crippen LogP contribution is 2.23. The number of aromatic carboxylic acids is 1. The van der Waals surface area contributed by atoms with E-state index in [0.717, 1.165) is 12.1 Å². The summed E-state index contributed by atoms with van der Waals surface area (Å²) in [5.74, 6) is -0.471. The van der Waals surface area contributed by atoms with Crippen LogP contribution in [0.3, 0.4) is 0 Å². The molecule has 0 saturated heterocycles. The minimum absolute atomic E-state index is 0.182. The Kier molecular flexibility index (Phi) is 4.21. The maximum absolute atomic E-state index is 11.0. The molecule has 0 aliphatic rings. The summed E-state index contributed by atoms with van der Waals surface area (Å²) in [6.45, 7) is 3.17. The van der Waals surface area contributed by atoms with Crippen LogP contribution in [0.5, 0.6) is 5.75 Å². The van der Waals surface area contributed by atoms with E-state index in [9.17, 15) is 4.79 Å². The van der Waals surface area contributed by atoms with Gasteiger partial charge in [0.25, 0.3) is 0 Å². The molecule has 0 aliphatic heterocycles. The van der Waals surface area contributed by atoms with E-state index in [2.05, 4.69) is 21.0 Å². The molecular weight excluding hydrogens is 312 g/mol. The van der Waals surface area contributed by atoms with E-state index >= 15 is 0 Å². The zero-order valence-corrected chi connectivity index (χ0v) is 11.9. The third-order valence-corrected chi connectivity index (χ3v) is 3.28. The maximum Gasteiger partial charge on any atom is 0.336 e. The third-order valence-electron chi connectivity index (χ3n) is 2.58. The second kappa shape index (κ2) is 5.88. The highest BCUT2D eigenvalue weighted by atomic mass is 79.9. The van der Waals surface area contributed by atoms with Crippen molar-refractivity contribution in [2.24, 2.45) is 0 Å². The fraction of sp³-hybridized carbons (Fsp3) is 0.231. The molecule has 5 nitrogen and oxygen atoms in total. The van der Waals surface area contributed by atoms with Crippen molar-refractivity contribution in [2.45, 2.75) is 20.1 Å². The van der Waals surface area contributed by atoms with Crippen molar-refractivity contribution in [3.63, 3.8) is 0 Å². The smallest absolute Gasteiger partial charge is 0.336 e. The predicted octanol–water partition coefficient (Wildman–Crippen LogP) is 2.94. The van der Waals surface area contributed by atoms with Crippen LogP contribution >= 0.6 is 15.9 Å². The number of aryl methyl sites for hydroxylation is 1. The van der Waals surface area contributed by atoms with Crippen LogP contribution in [0.2, 0.25) is 0 Å². The summed E-state index contributed by atoms with van der Waals surface area (Å²) in [4.78, 5) is 11.0. The Bertz CT molecular complexity index is 595. The van der Waals surface area contributed by atoms with Gasteiger partial charge in [-0.2, -0.15) is 5.10 Å². The molecule has 0 radical (unpaired) electrons. The lowest BCUT2D eigenvalue weighted by Crippen LogP contribution is -2.00. The molecule has 0 saturated carbocycles. The normalized spacial score (nSPS) is 10.4. The molecule has 0 fully saturated rings. The number of carboxylic acid groups (broad SMARTS) is 1. The highest BCUT2D eigenvalue weighted by Gasteiger charge is 2.09. The first-order valence-electron chi connectivity index (χ1n) is 5.77. The molecule has 19 heavy (non-hydrogen) atoms. The van der Waals surface area contributed by atoms with Crippen molar-refractivity contribution >= 4 is 21.9 Å². The molecule has 0 spiro atoms. The molecule has 1 aromatic heterocycles. The van der Waals surface area contributed by atoms with Crippen LogP contribution < -0.4 is 4.74 Å². The van der Waals surface area contributed by atoms with Crippen molar-refractivity contribution in [3.8, 4) is 5.75 Å². The van der Waals surface area contributed by atoms with Gasteiger partial charge >= 0.3 is 5.97 Å². The highest BCUT2D eigenvalue weighted by molar-refractivity contribution is 9.10. The molecule has 2 rings (SSSR count). The summed E-state index contributed by atoms with van der Waals surface area (Å²) in [6, 6.07) is 4.88. The molecule has 1 aromatic carbocycles. The van der Waals surface area contributed by atoms with Gasteiger partial charge in [-0.3, -0.25) is 4.68 Å². The van der Waals surface area contributed by atoms with Crippen LogP contribution in [0.1, 0.15) is 22.8 Å². The second-order valence-corrected chi connectivity index (χ2v) is 4.79. The average molecular weight is 325 g/mol. The number of benzene rings is 1. The molecule has 1 N–H and O–H groups in total. The molecular formula is C13H13BrN2O3. The number of nitrogens with zero attached hydrogens (tertiary/aromatic N) is 2. The average Bonchev–Trinajstić information content (AvgIpc) is 2.85. The van der Waals surface area contributed by atoms with Crippen molar-refractivity contribution in [1.82, 2.24) is 9.78 Å². The van der Waals surface area contributed by atoms with Gasteiger partial charge in [-0.1, -0.05) is 0 Å². The number of carbonyl (C=O) groups is 1. The lowest BCUT2D eigenvalue weighted by molar-refractivity contribution is 0.0695. The van der Waals surface area contributed by atoms with E-state index in [1.165, 1.54) is 6.07 Å². The Hall–Kier alpha value is -1.82. The Morgan fingerprint density at radius 3 is 2.95 bits per heavy atom. The Morgan fingerprint density at radius 2 is 2.32 bits per heavy atom. The van der Waals surface area contributed by atoms with Gasteiger partial charge in [0, 0.05) is 22.8 Å². The van der Waals surface area contributed by atoms with E-state index in [1.54, 1.807) is 18.3 Å². The Morgan fingerprint density at radius 1 is 1.53 bits per heavy atom. The summed E-state index contributed by atoms with van der Waals surface area (Å²) in [5, 5.41) is 13.2. The summed E-state index contributed by atoms with van der Waals surface area (Å²) in [5.41, 5.74) is 1.13. The van der Waals surface area contributed by atoms with Gasteiger partial charge in [0.15, 0.2) is 0 Å². The number of hydrogen-bond donors (Lipinski definition) is 1. The first kappa shape index (κ1) is 13.6. The minimum atomic E-state index is -0.990. The Balaban J connectivity index is 2.07. The van der Waals surface area contributed by atoms with Crippen LogP contribution in [-0.4, -0.2) is 20.9 Å². The van der Waals surface area contributed by atoms with Crippen LogP contribution in [0.4, 0.5) is 0 Å². The molecule has 0 bridgehead atoms. The first-order valence-corrected chi connectivity index (χ1v) is 6.56. The van der Waals surface area contributed by atoms with E-state index < -0.39 is 5.97 Å². The number of hydrogen-bond acceptors (Lipinski definition) is 3. The third kappa shape index (κ3) is 3.35. The van der Waals surface area contributed by atoms with E-state index in [0.29, 0.717) is 16.8 Å². The van der Waals surface area contributed by atoms with Gasteiger partial charge in [0.05, 0.1) is 11.8 Å². The standard InChI is InChI=1S/C13H13BrN2O3/c1-2-16-7-9(6-15-16)8-19-10-3-4-12(14)11(5-10)13(17)18/h3-7H,2,8H2,1H3,(H,17,18). The van der Waals surface area contributed by atoms with Crippen molar-refractivity contribution in [1.29, 1.82) is 0 Å².